The van der Waals surface area contributed by atoms with E-state index >= 15 is 0 Å². The minimum absolute atomic E-state index is 0.319. The number of nitrogens with zero attached hydrogens (tertiary/aromatic N) is 1. The quantitative estimate of drug-likeness (QED) is 0.766. The lowest BCUT2D eigenvalue weighted by Gasteiger charge is -2.13. The summed E-state index contributed by atoms with van der Waals surface area (Å²) in [5.41, 5.74) is 1.06. The van der Waals surface area contributed by atoms with Crippen molar-refractivity contribution >= 4 is 0 Å². The molecule has 0 bridgehead atoms. The number of methoxy groups -OCH3 is 2. The first-order chi connectivity index (χ1) is 7.27. The van der Waals surface area contributed by atoms with Crippen molar-refractivity contribution in [2.24, 2.45) is 0 Å². The van der Waals surface area contributed by atoms with Gasteiger partial charge in [0, 0.05) is 31.5 Å². The summed E-state index contributed by atoms with van der Waals surface area (Å²) >= 11 is 0. The zero-order valence-corrected chi connectivity index (χ0v) is 9.49. The molecule has 0 aromatic carbocycles. The van der Waals surface area contributed by atoms with Crippen molar-refractivity contribution < 1.29 is 9.47 Å². The van der Waals surface area contributed by atoms with Gasteiger partial charge in [0.05, 0.1) is 13.7 Å². The van der Waals surface area contributed by atoms with Gasteiger partial charge in [0.1, 0.15) is 0 Å². The van der Waals surface area contributed by atoms with Crippen molar-refractivity contribution in [3.63, 3.8) is 0 Å². The van der Waals surface area contributed by atoms with Crippen LogP contribution in [0.3, 0.4) is 0 Å². The Hall–Kier alpha value is -1.13. The van der Waals surface area contributed by atoms with Gasteiger partial charge in [0.2, 0.25) is 5.88 Å². The standard InChI is InChI=1S/C11H18N2O2/c1-9(8-14-2)13-7-10-5-4-6-12-11(10)15-3/h4-6,9,13H,7-8H2,1-3H3/t9-/m1/s1. The van der Waals surface area contributed by atoms with Crippen molar-refractivity contribution in [1.29, 1.82) is 0 Å². The molecule has 15 heavy (non-hydrogen) atoms. The van der Waals surface area contributed by atoms with Crippen molar-refractivity contribution in [3.8, 4) is 5.88 Å². The van der Waals surface area contributed by atoms with E-state index in [0.717, 1.165) is 12.1 Å². The second-order valence-electron chi connectivity index (χ2n) is 3.41. The molecule has 0 amide bonds. The average Bonchev–Trinajstić information content (AvgIpc) is 2.27. The molecule has 0 unspecified atom stereocenters. The Kier molecular flexibility index (Phi) is 5.07. The minimum Gasteiger partial charge on any atom is -0.481 e. The van der Waals surface area contributed by atoms with Gasteiger partial charge >= 0.3 is 0 Å². The molecule has 1 aromatic rings. The van der Waals surface area contributed by atoms with E-state index in [1.165, 1.54) is 0 Å². The van der Waals surface area contributed by atoms with Crippen LogP contribution in [-0.2, 0) is 11.3 Å². The van der Waals surface area contributed by atoms with Crippen molar-refractivity contribution in [3.05, 3.63) is 23.9 Å². The van der Waals surface area contributed by atoms with Crippen LogP contribution in [0.15, 0.2) is 18.3 Å². The summed E-state index contributed by atoms with van der Waals surface area (Å²) in [5, 5.41) is 3.33. The minimum atomic E-state index is 0.319. The van der Waals surface area contributed by atoms with Crippen LogP contribution >= 0.6 is 0 Å². The Morgan fingerprint density at radius 3 is 2.93 bits per heavy atom. The summed E-state index contributed by atoms with van der Waals surface area (Å²) in [4.78, 5) is 4.13. The Morgan fingerprint density at radius 2 is 2.27 bits per heavy atom. The molecular formula is C11H18N2O2. The van der Waals surface area contributed by atoms with Crippen LogP contribution in [0, 0.1) is 0 Å². The molecule has 0 aliphatic rings. The molecule has 0 spiro atoms. The zero-order valence-electron chi connectivity index (χ0n) is 9.49. The normalized spacial score (nSPS) is 12.5. The largest absolute Gasteiger partial charge is 0.481 e. The highest BCUT2D eigenvalue weighted by molar-refractivity contribution is 5.25. The number of ether oxygens (including phenoxy) is 2. The van der Waals surface area contributed by atoms with Crippen LogP contribution in [0.25, 0.3) is 0 Å². The number of rotatable bonds is 6. The summed E-state index contributed by atoms with van der Waals surface area (Å²) in [6.07, 6.45) is 1.72. The molecule has 1 aromatic heterocycles. The Balaban J connectivity index is 2.49. The Labute approximate surface area is 90.6 Å². The first kappa shape index (κ1) is 11.9. The van der Waals surface area contributed by atoms with E-state index in [1.54, 1.807) is 20.4 Å². The van der Waals surface area contributed by atoms with Crippen LogP contribution < -0.4 is 10.1 Å². The van der Waals surface area contributed by atoms with Gasteiger partial charge in [-0.15, -0.1) is 0 Å². The Bertz CT molecular complexity index is 292. The molecule has 1 N–H and O–H groups in total. The van der Waals surface area contributed by atoms with Gasteiger partial charge in [-0.1, -0.05) is 6.07 Å². The van der Waals surface area contributed by atoms with E-state index in [1.807, 2.05) is 12.1 Å². The van der Waals surface area contributed by atoms with Gasteiger partial charge in [-0.25, -0.2) is 4.98 Å². The second kappa shape index (κ2) is 6.37. The van der Waals surface area contributed by atoms with Crippen LogP contribution in [0.2, 0.25) is 0 Å². The molecule has 1 rings (SSSR count). The molecule has 4 nitrogen and oxygen atoms in total. The third-order valence-electron chi connectivity index (χ3n) is 2.10. The molecule has 0 fully saturated rings. The van der Waals surface area contributed by atoms with E-state index in [4.69, 9.17) is 9.47 Å². The number of pyridine rings is 1. The maximum absolute atomic E-state index is 5.16. The molecule has 0 saturated carbocycles. The van der Waals surface area contributed by atoms with Gasteiger partial charge in [-0.3, -0.25) is 0 Å². The third-order valence-corrected chi connectivity index (χ3v) is 2.10. The van der Waals surface area contributed by atoms with Crippen LogP contribution in [0.1, 0.15) is 12.5 Å². The van der Waals surface area contributed by atoms with Crippen molar-refractivity contribution in [2.75, 3.05) is 20.8 Å². The fourth-order valence-electron chi connectivity index (χ4n) is 1.34. The van der Waals surface area contributed by atoms with Gasteiger partial charge in [-0.05, 0) is 13.0 Å². The maximum Gasteiger partial charge on any atom is 0.217 e. The number of aromatic nitrogens is 1. The fourth-order valence-corrected chi connectivity index (χ4v) is 1.34. The lowest BCUT2D eigenvalue weighted by molar-refractivity contribution is 0.171. The second-order valence-corrected chi connectivity index (χ2v) is 3.41. The van der Waals surface area contributed by atoms with E-state index in [-0.39, 0.29) is 0 Å². The first-order valence-corrected chi connectivity index (χ1v) is 4.98. The predicted molar refractivity (Wildman–Crippen MR) is 59.0 cm³/mol. The summed E-state index contributed by atoms with van der Waals surface area (Å²) in [6, 6.07) is 4.22. The van der Waals surface area contributed by atoms with Crippen molar-refractivity contribution in [2.45, 2.75) is 19.5 Å². The molecule has 1 heterocycles. The average molecular weight is 210 g/mol. The number of nitrogens with one attached hydrogen (secondary N) is 1. The van der Waals surface area contributed by atoms with E-state index in [9.17, 15) is 0 Å². The molecule has 0 aliphatic carbocycles. The van der Waals surface area contributed by atoms with Crippen LogP contribution in [0.4, 0.5) is 0 Å². The summed E-state index contributed by atoms with van der Waals surface area (Å²) in [5.74, 6) is 0.676. The highest BCUT2D eigenvalue weighted by Crippen LogP contribution is 2.12. The molecule has 4 heteroatoms. The maximum atomic E-state index is 5.16. The van der Waals surface area contributed by atoms with E-state index in [2.05, 4.69) is 17.2 Å². The van der Waals surface area contributed by atoms with Crippen molar-refractivity contribution in [1.82, 2.24) is 10.3 Å². The lowest BCUT2D eigenvalue weighted by atomic mass is 10.2. The Morgan fingerprint density at radius 1 is 1.47 bits per heavy atom. The summed E-state index contributed by atoms with van der Waals surface area (Å²) in [6.45, 7) is 3.51. The molecule has 84 valence electrons. The molecule has 1 atom stereocenters. The highest BCUT2D eigenvalue weighted by atomic mass is 16.5. The van der Waals surface area contributed by atoms with Crippen LogP contribution in [-0.4, -0.2) is 31.9 Å². The fraction of sp³-hybridized carbons (Fsp3) is 0.545. The van der Waals surface area contributed by atoms with E-state index in [0.29, 0.717) is 18.5 Å². The highest BCUT2D eigenvalue weighted by Gasteiger charge is 2.05. The number of hydrogen-bond acceptors (Lipinski definition) is 4. The van der Waals surface area contributed by atoms with Gasteiger partial charge < -0.3 is 14.8 Å². The van der Waals surface area contributed by atoms with Crippen LogP contribution in [0.5, 0.6) is 5.88 Å². The van der Waals surface area contributed by atoms with Gasteiger partial charge in [-0.2, -0.15) is 0 Å². The topological polar surface area (TPSA) is 43.4 Å². The SMILES string of the molecule is COC[C@@H](C)NCc1cccnc1OC. The zero-order chi connectivity index (χ0) is 11.1. The summed E-state index contributed by atoms with van der Waals surface area (Å²) < 4.78 is 10.2. The lowest BCUT2D eigenvalue weighted by Crippen LogP contribution is -2.29. The monoisotopic (exact) mass is 210 g/mol. The predicted octanol–water partition coefficient (Wildman–Crippen LogP) is 1.21. The molecule has 0 saturated heterocycles. The van der Waals surface area contributed by atoms with E-state index < -0.39 is 0 Å². The molecular weight excluding hydrogens is 192 g/mol. The van der Waals surface area contributed by atoms with Gasteiger partial charge in [0.15, 0.2) is 0 Å². The molecule has 0 radical (unpaired) electrons. The first-order valence-electron chi connectivity index (χ1n) is 4.98. The number of hydrogen-bond donors (Lipinski definition) is 1. The smallest absolute Gasteiger partial charge is 0.217 e. The summed E-state index contributed by atoms with van der Waals surface area (Å²) in [7, 11) is 3.33. The van der Waals surface area contributed by atoms with Gasteiger partial charge in [0.25, 0.3) is 0 Å². The molecule has 0 aliphatic heterocycles. The third kappa shape index (κ3) is 3.85.